The van der Waals surface area contributed by atoms with E-state index >= 15 is 0 Å². The third-order valence-corrected chi connectivity index (χ3v) is 9.76. The lowest BCUT2D eigenvalue weighted by molar-refractivity contribution is 0.668. The zero-order valence-electron chi connectivity index (χ0n) is 27.0. The molecule has 0 aliphatic heterocycles. The summed E-state index contributed by atoms with van der Waals surface area (Å²) in [4.78, 5) is 15.1. The van der Waals surface area contributed by atoms with Crippen molar-refractivity contribution in [3.05, 3.63) is 152 Å². The average molecular weight is 656 g/mol. The molecule has 0 amide bonds. The molecule has 0 spiro atoms. The summed E-state index contributed by atoms with van der Waals surface area (Å²) in [5.41, 5.74) is 9.60. The predicted molar refractivity (Wildman–Crippen MR) is 203 cm³/mol. The molecule has 0 N–H and O–H groups in total. The first-order chi connectivity index (χ1) is 25.2. The SMILES string of the molecule is c1ccc(-c2nc(-c3ccc4c(c3)oc3cc(-c5cccc6c5oc5ccccc56)ccc34)nc(-c3cccc4oc5ccccc5c34)n2)cc1. The highest BCUT2D eigenvalue weighted by atomic mass is 16.3. The second-order valence-corrected chi connectivity index (χ2v) is 12.8. The maximum Gasteiger partial charge on any atom is 0.164 e. The van der Waals surface area contributed by atoms with Crippen LogP contribution in [0, 0.1) is 0 Å². The van der Waals surface area contributed by atoms with E-state index in [0.717, 1.165) is 93.6 Å². The van der Waals surface area contributed by atoms with Crippen molar-refractivity contribution in [3.8, 4) is 45.3 Å². The predicted octanol–water partition coefficient (Wildman–Crippen LogP) is 12.2. The van der Waals surface area contributed by atoms with Crippen LogP contribution in [0.1, 0.15) is 0 Å². The molecule has 4 aromatic heterocycles. The molecule has 0 atom stereocenters. The van der Waals surface area contributed by atoms with Crippen molar-refractivity contribution < 1.29 is 13.3 Å². The third-order valence-electron chi connectivity index (χ3n) is 9.76. The molecule has 0 bridgehead atoms. The van der Waals surface area contributed by atoms with Gasteiger partial charge in [-0.2, -0.15) is 0 Å². The molecule has 51 heavy (non-hydrogen) atoms. The van der Waals surface area contributed by atoms with E-state index in [9.17, 15) is 0 Å². The molecule has 0 aliphatic rings. The van der Waals surface area contributed by atoms with Crippen LogP contribution in [0.4, 0.5) is 0 Å². The van der Waals surface area contributed by atoms with Crippen molar-refractivity contribution >= 4 is 65.8 Å². The number of nitrogens with zero attached hydrogens (tertiary/aromatic N) is 3. The monoisotopic (exact) mass is 655 g/mol. The Labute approximate surface area is 290 Å². The fourth-order valence-corrected chi connectivity index (χ4v) is 7.36. The minimum Gasteiger partial charge on any atom is -0.456 e. The van der Waals surface area contributed by atoms with E-state index < -0.39 is 0 Å². The Bertz CT molecular complexity index is 3150. The van der Waals surface area contributed by atoms with E-state index in [1.54, 1.807) is 0 Å². The number of aromatic nitrogens is 3. The van der Waals surface area contributed by atoms with Crippen LogP contribution < -0.4 is 0 Å². The van der Waals surface area contributed by atoms with Gasteiger partial charge in [-0.3, -0.25) is 0 Å². The van der Waals surface area contributed by atoms with Crippen molar-refractivity contribution in [3.63, 3.8) is 0 Å². The lowest BCUT2D eigenvalue weighted by Crippen LogP contribution is -2.00. The van der Waals surface area contributed by atoms with Gasteiger partial charge >= 0.3 is 0 Å². The molecule has 6 heteroatoms. The van der Waals surface area contributed by atoms with Crippen molar-refractivity contribution in [1.29, 1.82) is 0 Å². The van der Waals surface area contributed by atoms with Crippen LogP contribution in [0.5, 0.6) is 0 Å². The quantitative estimate of drug-likeness (QED) is 0.188. The number of rotatable bonds is 4. The molecule has 0 saturated heterocycles. The third kappa shape index (κ3) is 4.33. The van der Waals surface area contributed by atoms with Gasteiger partial charge < -0.3 is 13.3 Å². The zero-order chi connectivity index (χ0) is 33.5. The summed E-state index contributed by atoms with van der Waals surface area (Å²) in [6, 6.07) is 51.1. The average Bonchev–Trinajstić information content (AvgIpc) is 3.88. The molecular formula is C45H25N3O3. The normalized spacial score (nSPS) is 11.9. The number of para-hydroxylation sites is 3. The van der Waals surface area contributed by atoms with Crippen LogP contribution in [-0.4, -0.2) is 15.0 Å². The van der Waals surface area contributed by atoms with Gasteiger partial charge in [0, 0.05) is 54.6 Å². The summed E-state index contributed by atoms with van der Waals surface area (Å²) in [5, 5.41) is 6.27. The Hall–Kier alpha value is -7.05. The molecule has 11 rings (SSSR count). The molecule has 0 aliphatic carbocycles. The van der Waals surface area contributed by atoms with Crippen LogP contribution in [0.3, 0.4) is 0 Å². The van der Waals surface area contributed by atoms with E-state index in [2.05, 4.69) is 60.7 Å². The van der Waals surface area contributed by atoms with E-state index in [0.29, 0.717) is 17.5 Å². The maximum atomic E-state index is 6.56. The highest BCUT2D eigenvalue weighted by Gasteiger charge is 2.19. The van der Waals surface area contributed by atoms with Gasteiger partial charge in [-0.1, -0.05) is 109 Å². The van der Waals surface area contributed by atoms with Gasteiger partial charge in [0.05, 0.1) is 0 Å². The standard InChI is InChI=1S/C45H25N3O3/c1-2-10-26(11-3-1)43-46-44(48-45(47-43)35-16-9-19-38-41(35)34-13-5-7-18-37(34)49-38)28-21-23-32-31-22-20-27(24-39(31)50-40(32)25-28)29-14-8-15-33-30-12-4-6-17-36(30)51-42(29)33/h1-25H. The molecule has 0 radical (unpaired) electrons. The van der Waals surface area contributed by atoms with Gasteiger partial charge in [-0.25, -0.2) is 15.0 Å². The highest BCUT2D eigenvalue weighted by molar-refractivity contribution is 6.13. The first-order valence-electron chi connectivity index (χ1n) is 16.8. The summed E-state index contributed by atoms with van der Waals surface area (Å²) in [5.74, 6) is 1.72. The minimum atomic E-state index is 0.559. The van der Waals surface area contributed by atoms with Gasteiger partial charge in [-0.15, -0.1) is 0 Å². The second-order valence-electron chi connectivity index (χ2n) is 12.8. The van der Waals surface area contributed by atoms with E-state index in [-0.39, 0.29) is 0 Å². The van der Waals surface area contributed by atoms with Crippen LogP contribution >= 0.6 is 0 Å². The first kappa shape index (κ1) is 27.9. The summed E-state index contributed by atoms with van der Waals surface area (Å²) in [6.07, 6.45) is 0. The van der Waals surface area contributed by atoms with E-state index in [4.69, 9.17) is 28.2 Å². The number of fused-ring (bicyclic) bond motifs is 9. The Morgan fingerprint density at radius 3 is 1.69 bits per heavy atom. The smallest absolute Gasteiger partial charge is 0.164 e. The van der Waals surface area contributed by atoms with Crippen LogP contribution in [0.15, 0.2) is 165 Å². The zero-order valence-corrected chi connectivity index (χ0v) is 27.0. The summed E-state index contributed by atoms with van der Waals surface area (Å²) in [6.45, 7) is 0. The second kappa shape index (κ2) is 10.7. The Balaban J connectivity index is 1.07. The minimum absolute atomic E-state index is 0.559. The highest BCUT2D eigenvalue weighted by Crippen LogP contribution is 2.40. The number of furan rings is 3. The molecular weight excluding hydrogens is 631 g/mol. The van der Waals surface area contributed by atoms with Crippen LogP contribution in [0.25, 0.3) is 111 Å². The van der Waals surface area contributed by atoms with E-state index in [1.807, 2.05) is 91.0 Å². The fourth-order valence-electron chi connectivity index (χ4n) is 7.36. The van der Waals surface area contributed by atoms with Crippen LogP contribution in [-0.2, 0) is 0 Å². The molecule has 0 fully saturated rings. The molecule has 6 nitrogen and oxygen atoms in total. The van der Waals surface area contributed by atoms with Crippen LogP contribution in [0.2, 0.25) is 0 Å². The Morgan fingerprint density at radius 1 is 0.314 bits per heavy atom. The van der Waals surface area contributed by atoms with Gasteiger partial charge in [0.1, 0.15) is 33.5 Å². The summed E-state index contributed by atoms with van der Waals surface area (Å²) < 4.78 is 19.1. The van der Waals surface area contributed by atoms with Gasteiger partial charge in [0.2, 0.25) is 0 Å². The number of benzene rings is 7. The number of hydrogen-bond acceptors (Lipinski definition) is 6. The van der Waals surface area contributed by atoms with Crippen molar-refractivity contribution in [1.82, 2.24) is 15.0 Å². The molecule has 0 unspecified atom stereocenters. The molecule has 0 saturated carbocycles. The Kier molecular flexibility index (Phi) is 5.86. The maximum absolute atomic E-state index is 6.56. The largest absolute Gasteiger partial charge is 0.456 e. The lowest BCUT2D eigenvalue weighted by Gasteiger charge is -2.09. The van der Waals surface area contributed by atoms with Gasteiger partial charge in [0.25, 0.3) is 0 Å². The summed E-state index contributed by atoms with van der Waals surface area (Å²) >= 11 is 0. The molecule has 238 valence electrons. The first-order valence-corrected chi connectivity index (χ1v) is 16.8. The topological polar surface area (TPSA) is 78.1 Å². The van der Waals surface area contributed by atoms with Crippen molar-refractivity contribution in [2.24, 2.45) is 0 Å². The lowest BCUT2D eigenvalue weighted by atomic mass is 10.0. The Morgan fingerprint density at radius 2 is 0.863 bits per heavy atom. The van der Waals surface area contributed by atoms with Gasteiger partial charge in [0.15, 0.2) is 17.5 Å². The molecule has 7 aromatic carbocycles. The molecule has 11 aromatic rings. The number of hydrogen-bond donors (Lipinski definition) is 0. The fraction of sp³-hybridized carbons (Fsp3) is 0. The summed E-state index contributed by atoms with van der Waals surface area (Å²) in [7, 11) is 0. The van der Waals surface area contributed by atoms with Crippen molar-refractivity contribution in [2.75, 3.05) is 0 Å². The molecule has 4 heterocycles. The van der Waals surface area contributed by atoms with Gasteiger partial charge in [-0.05, 0) is 48.0 Å². The van der Waals surface area contributed by atoms with E-state index in [1.165, 1.54) is 0 Å². The van der Waals surface area contributed by atoms with Crippen molar-refractivity contribution in [2.45, 2.75) is 0 Å².